The molecule has 3 heterocycles. The molecule has 1 N–H and O–H groups in total. The fourth-order valence-electron chi connectivity index (χ4n) is 3.59. The Hall–Kier alpha value is -2.18. The second-order valence-electron chi connectivity index (χ2n) is 7.38. The number of pyridine rings is 1. The maximum atomic E-state index is 6.32. The molecule has 4 rings (SSSR count). The lowest BCUT2D eigenvalue weighted by molar-refractivity contribution is 0.253. The molecule has 1 fully saturated rings. The first-order valence-electron chi connectivity index (χ1n) is 9.36. The van der Waals surface area contributed by atoms with Crippen LogP contribution in [0.3, 0.4) is 0 Å². The summed E-state index contributed by atoms with van der Waals surface area (Å²) in [5.74, 6) is 2.22. The summed E-state index contributed by atoms with van der Waals surface area (Å²) < 4.78 is 7.37. The average molecular weight is 456 g/mol. The Morgan fingerprint density at radius 1 is 1.14 bits per heavy atom. The second-order valence-corrected chi connectivity index (χ2v) is 8.68. The van der Waals surface area contributed by atoms with Crippen molar-refractivity contribution in [2.45, 2.75) is 25.9 Å². The molecule has 2 atom stereocenters. The van der Waals surface area contributed by atoms with Crippen LogP contribution in [0.15, 0.2) is 69.7 Å². The molecule has 1 saturated heterocycles. The van der Waals surface area contributed by atoms with E-state index in [2.05, 4.69) is 51.0 Å². The van der Waals surface area contributed by atoms with Gasteiger partial charge in [-0.3, -0.25) is 4.98 Å². The molecule has 0 saturated carbocycles. The average Bonchev–Trinajstić information content (AvgIpc) is 3.28. The summed E-state index contributed by atoms with van der Waals surface area (Å²) in [6.45, 7) is 5.25. The van der Waals surface area contributed by atoms with Crippen molar-refractivity contribution in [3.05, 3.63) is 76.7 Å². The van der Waals surface area contributed by atoms with Gasteiger partial charge in [0.2, 0.25) is 0 Å². The van der Waals surface area contributed by atoms with Crippen LogP contribution in [0.4, 0.5) is 0 Å². The van der Waals surface area contributed by atoms with E-state index in [1.807, 2.05) is 54.7 Å². The largest absolute Gasteiger partial charge is 0.459 e. The van der Waals surface area contributed by atoms with Crippen molar-refractivity contribution in [2.75, 3.05) is 6.54 Å². The zero-order chi connectivity index (χ0) is 19.7. The molecule has 6 heteroatoms. The fraction of sp³-hybridized carbons (Fsp3) is 0.273. The highest BCUT2D eigenvalue weighted by Gasteiger charge is 2.41. The molecular weight excluding hydrogens is 434 g/mol. The van der Waals surface area contributed by atoms with Crippen molar-refractivity contribution < 1.29 is 4.42 Å². The van der Waals surface area contributed by atoms with Crippen molar-refractivity contribution >= 4 is 33.3 Å². The molecule has 0 bridgehead atoms. The quantitative estimate of drug-likeness (QED) is 0.497. The van der Waals surface area contributed by atoms with Gasteiger partial charge in [-0.15, -0.1) is 0 Å². The summed E-state index contributed by atoms with van der Waals surface area (Å²) in [4.78, 5) is 6.79. The number of rotatable bonds is 5. The molecule has 4 nitrogen and oxygen atoms in total. The van der Waals surface area contributed by atoms with Crippen molar-refractivity contribution in [3.63, 3.8) is 0 Å². The second kappa shape index (κ2) is 8.05. The molecule has 144 valence electrons. The number of benzene rings is 1. The Kier molecular flexibility index (Phi) is 5.51. The maximum Gasteiger partial charge on any atom is 0.170 e. The monoisotopic (exact) mass is 455 g/mol. The van der Waals surface area contributed by atoms with Gasteiger partial charge >= 0.3 is 0 Å². The molecule has 0 radical (unpaired) electrons. The van der Waals surface area contributed by atoms with Gasteiger partial charge in [0, 0.05) is 22.8 Å². The highest BCUT2D eigenvalue weighted by molar-refractivity contribution is 9.10. The predicted molar refractivity (Wildman–Crippen MR) is 119 cm³/mol. The third-order valence-electron chi connectivity index (χ3n) is 4.81. The molecule has 1 aromatic carbocycles. The Morgan fingerprint density at radius 3 is 2.61 bits per heavy atom. The van der Waals surface area contributed by atoms with Gasteiger partial charge in [-0.05, 0) is 54.5 Å². The Labute approximate surface area is 179 Å². The minimum Gasteiger partial charge on any atom is -0.459 e. The number of nitrogens with one attached hydrogen (secondary N) is 1. The highest BCUT2D eigenvalue weighted by atomic mass is 79.9. The van der Waals surface area contributed by atoms with Crippen LogP contribution in [-0.4, -0.2) is 21.5 Å². The molecular formula is C22H22BrN3OS. The van der Waals surface area contributed by atoms with Crippen LogP contribution >= 0.6 is 28.1 Å². The maximum absolute atomic E-state index is 6.32. The first-order chi connectivity index (χ1) is 13.5. The number of thiocarbonyl (C=S) groups is 1. The molecule has 0 spiro atoms. The van der Waals surface area contributed by atoms with Gasteiger partial charge in [0.1, 0.15) is 17.6 Å². The van der Waals surface area contributed by atoms with Gasteiger partial charge < -0.3 is 14.6 Å². The number of aromatic nitrogens is 1. The van der Waals surface area contributed by atoms with Gasteiger partial charge in [-0.1, -0.05) is 48.0 Å². The van der Waals surface area contributed by atoms with Gasteiger partial charge in [0.15, 0.2) is 5.11 Å². The Morgan fingerprint density at radius 2 is 1.93 bits per heavy atom. The van der Waals surface area contributed by atoms with Crippen LogP contribution < -0.4 is 5.32 Å². The molecule has 2 aromatic heterocycles. The Bertz CT molecular complexity index is 955. The van der Waals surface area contributed by atoms with Crippen molar-refractivity contribution in [1.29, 1.82) is 0 Å². The predicted octanol–water partition coefficient (Wildman–Crippen LogP) is 5.73. The lowest BCUT2D eigenvalue weighted by Crippen LogP contribution is -2.32. The summed E-state index contributed by atoms with van der Waals surface area (Å²) in [6, 6.07) is 18.1. The number of hydrogen-bond donors (Lipinski definition) is 1. The summed E-state index contributed by atoms with van der Waals surface area (Å²) in [5, 5.41) is 4.21. The van der Waals surface area contributed by atoms with Gasteiger partial charge in [0.25, 0.3) is 0 Å². The smallest absolute Gasteiger partial charge is 0.170 e. The van der Waals surface area contributed by atoms with Gasteiger partial charge in [-0.2, -0.15) is 0 Å². The summed E-state index contributed by atoms with van der Waals surface area (Å²) >= 11 is 9.15. The van der Waals surface area contributed by atoms with E-state index in [-0.39, 0.29) is 12.1 Å². The van der Waals surface area contributed by atoms with E-state index < -0.39 is 0 Å². The van der Waals surface area contributed by atoms with Crippen LogP contribution in [0, 0.1) is 5.92 Å². The van der Waals surface area contributed by atoms with Crippen LogP contribution in [0.25, 0.3) is 11.3 Å². The first kappa shape index (κ1) is 19.2. The third-order valence-corrected chi connectivity index (χ3v) is 5.69. The molecule has 1 aliphatic heterocycles. The fourth-order valence-corrected chi connectivity index (χ4v) is 4.16. The van der Waals surface area contributed by atoms with E-state index in [4.69, 9.17) is 16.6 Å². The topological polar surface area (TPSA) is 41.3 Å². The summed E-state index contributed by atoms with van der Waals surface area (Å²) in [7, 11) is 0. The standard InChI is InChI=1S/C22H22BrN3OS/c1-14(2)13-26-21(20(25-22(26)28)17-5-3-4-12-24-17)19-11-10-18(27-19)15-6-8-16(23)9-7-15/h3-12,14,20-21H,13H2,1-2H3,(H,25,28). The van der Waals surface area contributed by atoms with E-state index in [0.29, 0.717) is 5.92 Å². The van der Waals surface area contributed by atoms with Crippen LogP contribution in [-0.2, 0) is 0 Å². The zero-order valence-corrected chi connectivity index (χ0v) is 18.2. The van der Waals surface area contributed by atoms with Crippen molar-refractivity contribution in [3.8, 4) is 11.3 Å². The summed E-state index contributed by atoms with van der Waals surface area (Å²) in [6.07, 6.45) is 1.82. The SMILES string of the molecule is CC(C)CN1C(=S)NC(c2ccccn2)C1c1ccc(-c2ccc(Br)cc2)o1. The normalized spacial score (nSPS) is 19.3. The van der Waals surface area contributed by atoms with E-state index in [9.17, 15) is 0 Å². The van der Waals surface area contributed by atoms with Gasteiger partial charge in [0.05, 0.1) is 11.7 Å². The van der Waals surface area contributed by atoms with Gasteiger partial charge in [-0.25, -0.2) is 0 Å². The van der Waals surface area contributed by atoms with Crippen LogP contribution in [0.2, 0.25) is 0 Å². The minimum absolute atomic E-state index is 0.0333. The van der Waals surface area contributed by atoms with Crippen molar-refractivity contribution in [2.24, 2.45) is 5.92 Å². The highest BCUT2D eigenvalue weighted by Crippen LogP contribution is 2.40. The van der Waals surface area contributed by atoms with E-state index in [1.54, 1.807) is 0 Å². The number of furan rings is 1. The van der Waals surface area contributed by atoms with Crippen molar-refractivity contribution in [1.82, 2.24) is 15.2 Å². The molecule has 1 aliphatic rings. The third kappa shape index (κ3) is 3.84. The van der Waals surface area contributed by atoms with E-state index in [1.165, 1.54) is 0 Å². The number of halogens is 1. The molecule has 28 heavy (non-hydrogen) atoms. The first-order valence-corrected chi connectivity index (χ1v) is 10.6. The minimum atomic E-state index is -0.0450. The lowest BCUT2D eigenvalue weighted by atomic mass is 10.0. The van der Waals surface area contributed by atoms with E-state index in [0.717, 1.165) is 38.9 Å². The molecule has 3 aromatic rings. The molecule has 0 amide bonds. The zero-order valence-electron chi connectivity index (χ0n) is 15.8. The lowest BCUT2D eigenvalue weighted by Gasteiger charge is -2.27. The molecule has 0 aliphatic carbocycles. The van der Waals surface area contributed by atoms with Crippen LogP contribution in [0.1, 0.15) is 37.4 Å². The summed E-state index contributed by atoms with van der Waals surface area (Å²) in [5.41, 5.74) is 2.01. The molecule has 2 unspecified atom stereocenters. The number of hydrogen-bond acceptors (Lipinski definition) is 3. The number of nitrogens with zero attached hydrogens (tertiary/aromatic N) is 2. The van der Waals surface area contributed by atoms with Crippen LogP contribution in [0.5, 0.6) is 0 Å². The Balaban J connectivity index is 1.72. The van der Waals surface area contributed by atoms with E-state index >= 15 is 0 Å².